The summed E-state index contributed by atoms with van der Waals surface area (Å²) in [6.07, 6.45) is 0.0994. The predicted molar refractivity (Wildman–Crippen MR) is 79.7 cm³/mol. The van der Waals surface area contributed by atoms with E-state index in [4.69, 9.17) is 4.74 Å². The zero-order valence-corrected chi connectivity index (χ0v) is 14.2. The Morgan fingerprint density at radius 3 is 2.90 bits per heavy atom. The molecule has 0 aromatic carbocycles. The van der Waals surface area contributed by atoms with Crippen molar-refractivity contribution in [2.24, 2.45) is 0 Å². The van der Waals surface area contributed by atoms with Crippen LogP contribution in [0, 0.1) is 0 Å². The first-order chi connectivity index (χ1) is 9.98. The molecule has 4 rings (SSSR count). The maximum absolute atomic E-state index is 12.8. The number of aromatic nitrogens is 1. The molecule has 3 atom stereocenters. The number of nitrogens with zero attached hydrogens (tertiary/aromatic N) is 2. The highest BCUT2D eigenvalue weighted by Gasteiger charge is 2.62. The Balaban J connectivity index is 1.93. The van der Waals surface area contributed by atoms with Gasteiger partial charge in [-0.1, -0.05) is 0 Å². The fraction of sp³-hybridized carbons (Fsp3) is 0.500. The average molecular weight is 420 g/mol. The van der Waals surface area contributed by atoms with Crippen LogP contribution in [-0.2, 0) is 4.74 Å². The lowest BCUT2D eigenvalue weighted by Gasteiger charge is -2.43. The summed E-state index contributed by atoms with van der Waals surface area (Å²) in [4.78, 5) is 26.4. The number of ether oxygens (including phenoxy) is 1. The third kappa shape index (κ3) is 1.56. The van der Waals surface area contributed by atoms with Crippen LogP contribution in [0.1, 0.15) is 23.1 Å². The Kier molecular flexibility index (Phi) is 2.74. The third-order valence-electron chi connectivity index (χ3n) is 4.44. The molecule has 0 saturated carbocycles. The highest BCUT2D eigenvalue weighted by atomic mass is 79.9. The van der Waals surface area contributed by atoms with Gasteiger partial charge >= 0.3 is 6.03 Å². The summed E-state index contributed by atoms with van der Waals surface area (Å²) in [7, 11) is 1.62. The maximum Gasteiger partial charge on any atom is 0.318 e. The normalized spacial score (nSPS) is 33.4. The largest absolute Gasteiger partial charge is 0.379 e. The second kappa shape index (κ2) is 4.23. The number of hydrogen-bond acceptors (Lipinski definition) is 3. The summed E-state index contributed by atoms with van der Waals surface area (Å²) in [6, 6.07) is 1.49. The van der Waals surface area contributed by atoms with Gasteiger partial charge in [0.05, 0.1) is 10.6 Å². The summed E-state index contributed by atoms with van der Waals surface area (Å²) in [5.74, 6) is -0.110. The third-order valence-corrected chi connectivity index (χ3v) is 6.39. The molecule has 2 N–H and O–H groups in total. The molecule has 1 aromatic heterocycles. The molecule has 0 aliphatic carbocycles. The first kappa shape index (κ1) is 13.6. The standard InChI is InChI=1S/C12H12Br2N4O3/c1-21-5-3-12-10(15-11(20)16-12)18-7(2-6(13)8(18)14)9(19)17(12)4-5/h2,5,10H,3-4H2,1H3,(H2,15,16,20)/t5-,10-,12+/m0/s1. The molecule has 0 bridgehead atoms. The van der Waals surface area contributed by atoms with Crippen molar-refractivity contribution in [3.05, 3.63) is 20.8 Å². The summed E-state index contributed by atoms with van der Waals surface area (Å²) in [6.45, 7) is 0.466. The highest BCUT2D eigenvalue weighted by Crippen LogP contribution is 2.46. The molecular weight excluding hydrogens is 408 g/mol. The van der Waals surface area contributed by atoms with Gasteiger partial charge in [-0.25, -0.2) is 4.79 Å². The Labute approximate surface area is 137 Å². The van der Waals surface area contributed by atoms with Gasteiger partial charge in [0.15, 0.2) is 11.8 Å². The smallest absolute Gasteiger partial charge is 0.318 e. The summed E-state index contributed by atoms with van der Waals surface area (Å²) in [5.41, 5.74) is -0.238. The molecule has 7 nitrogen and oxygen atoms in total. The lowest BCUT2D eigenvalue weighted by molar-refractivity contribution is 0.0308. The maximum atomic E-state index is 12.8. The Morgan fingerprint density at radius 1 is 1.43 bits per heavy atom. The number of rotatable bonds is 1. The number of nitrogens with one attached hydrogen (secondary N) is 2. The number of carbonyl (C=O) groups excluding carboxylic acids is 2. The summed E-state index contributed by atoms with van der Waals surface area (Å²) < 4.78 is 8.75. The number of urea groups is 1. The van der Waals surface area contributed by atoms with E-state index in [-0.39, 0.29) is 24.2 Å². The van der Waals surface area contributed by atoms with Crippen LogP contribution in [0.25, 0.3) is 0 Å². The molecule has 112 valence electrons. The molecule has 0 unspecified atom stereocenters. The van der Waals surface area contributed by atoms with Crippen molar-refractivity contribution in [2.75, 3.05) is 13.7 Å². The lowest BCUT2D eigenvalue weighted by Crippen LogP contribution is -2.62. The van der Waals surface area contributed by atoms with Gasteiger partial charge in [-0.2, -0.15) is 0 Å². The van der Waals surface area contributed by atoms with Crippen LogP contribution in [0.2, 0.25) is 0 Å². The van der Waals surface area contributed by atoms with Gasteiger partial charge < -0.3 is 24.8 Å². The lowest BCUT2D eigenvalue weighted by atomic mass is 10.0. The van der Waals surface area contributed by atoms with Gasteiger partial charge in [0.1, 0.15) is 10.3 Å². The van der Waals surface area contributed by atoms with Crippen LogP contribution < -0.4 is 10.6 Å². The first-order valence-corrected chi connectivity index (χ1v) is 8.06. The van der Waals surface area contributed by atoms with Gasteiger partial charge in [-0.05, 0) is 37.9 Å². The van der Waals surface area contributed by atoms with Crippen LogP contribution in [0.4, 0.5) is 4.79 Å². The van der Waals surface area contributed by atoms with Gasteiger partial charge in [0, 0.05) is 20.1 Å². The molecule has 1 aromatic rings. The first-order valence-electron chi connectivity index (χ1n) is 6.47. The minimum Gasteiger partial charge on any atom is -0.379 e. The number of methoxy groups -OCH3 is 1. The monoisotopic (exact) mass is 418 g/mol. The molecule has 3 aliphatic heterocycles. The van der Waals surface area contributed by atoms with E-state index < -0.39 is 5.66 Å². The molecule has 0 radical (unpaired) electrons. The van der Waals surface area contributed by atoms with E-state index in [2.05, 4.69) is 42.5 Å². The highest BCUT2D eigenvalue weighted by molar-refractivity contribution is 9.13. The molecule has 3 amide bonds. The van der Waals surface area contributed by atoms with Gasteiger partial charge in [-0.15, -0.1) is 0 Å². The van der Waals surface area contributed by atoms with E-state index in [0.29, 0.717) is 18.7 Å². The number of hydrogen-bond donors (Lipinski definition) is 2. The van der Waals surface area contributed by atoms with Crippen molar-refractivity contribution in [3.63, 3.8) is 0 Å². The quantitative estimate of drug-likeness (QED) is 0.722. The van der Waals surface area contributed by atoms with Gasteiger partial charge in [0.2, 0.25) is 0 Å². The summed E-state index contributed by atoms with van der Waals surface area (Å²) >= 11 is 6.90. The molecule has 3 aliphatic rings. The molecule has 21 heavy (non-hydrogen) atoms. The van der Waals surface area contributed by atoms with Crippen molar-refractivity contribution in [3.8, 4) is 0 Å². The van der Waals surface area contributed by atoms with E-state index in [1.807, 2.05) is 4.57 Å². The van der Waals surface area contributed by atoms with E-state index in [9.17, 15) is 9.59 Å². The van der Waals surface area contributed by atoms with Crippen molar-refractivity contribution >= 4 is 43.8 Å². The zero-order chi connectivity index (χ0) is 14.9. The van der Waals surface area contributed by atoms with E-state index >= 15 is 0 Å². The SMILES string of the molecule is CO[C@@H]1CN2C(=O)c3cc(Br)c(Br)n3[C@@H]3NC(=O)N[C@@]32C1. The van der Waals surface area contributed by atoms with Gasteiger partial charge in [0.25, 0.3) is 5.91 Å². The van der Waals surface area contributed by atoms with Crippen molar-refractivity contribution in [1.82, 2.24) is 20.1 Å². The minimum atomic E-state index is -0.775. The predicted octanol–water partition coefficient (Wildman–Crippen LogP) is 1.40. The second-order valence-corrected chi connectivity index (χ2v) is 7.05. The number of amides is 3. The number of carbonyl (C=O) groups is 2. The van der Waals surface area contributed by atoms with E-state index in [1.54, 1.807) is 18.1 Å². The number of halogens is 2. The number of fused-ring (bicyclic) bond motifs is 2. The Morgan fingerprint density at radius 2 is 2.19 bits per heavy atom. The molecule has 9 heteroatoms. The molecule has 1 spiro atoms. The van der Waals surface area contributed by atoms with Crippen LogP contribution in [0.5, 0.6) is 0 Å². The van der Waals surface area contributed by atoms with Crippen LogP contribution in [-0.4, -0.2) is 46.8 Å². The average Bonchev–Trinajstić information content (AvgIpc) is 3.06. The fourth-order valence-corrected chi connectivity index (χ4v) is 4.45. The zero-order valence-electron chi connectivity index (χ0n) is 11.0. The van der Waals surface area contributed by atoms with Crippen molar-refractivity contribution in [2.45, 2.75) is 24.4 Å². The van der Waals surface area contributed by atoms with Crippen molar-refractivity contribution < 1.29 is 14.3 Å². The van der Waals surface area contributed by atoms with Crippen molar-refractivity contribution in [1.29, 1.82) is 0 Å². The van der Waals surface area contributed by atoms with Crippen LogP contribution >= 0.6 is 31.9 Å². The molecule has 2 saturated heterocycles. The topological polar surface area (TPSA) is 75.6 Å². The van der Waals surface area contributed by atoms with E-state index in [1.165, 1.54) is 0 Å². The fourth-order valence-electron chi connectivity index (χ4n) is 3.54. The van der Waals surface area contributed by atoms with Crippen LogP contribution in [0.15, 0.2) is 15.1 Å². The Bertz CT molecular complexity index is 676. The molecule has 4 heterocycles. The second-order valence-electron chi connectivity index (χ2n) is 5.44. The molecule has 2 fully saturated rings. The molecular formula is C12H12Br2N4O3. The van der Waals surface area contributed by atoms with Gasteiger partial charge in [-0.3, -0.25) is 4.79 Å². The Hall–Kier alpha value is -1.06. The van der Waals surface area contributed by atoms with E-state index in [0.717, 1.165) is 9.08 Å². The minimum absolute atomic E-state index is 0.0940. The van der Waals surface area contributed by atoms with Crippen LogP contribution in [0.3, 0.4) is 0 Å². The summed E-state index contributed by atoms with van der Waals surface area (Å²) in [5, 5.41) is 5.83.